The predicted octanol–water partition coefficient (Wildman–Crippen LogP) is 3.27. The Kier molecular flexibility index (Phi) is 7.32. The lowest BCUT2D eigenvalue weighted by atomic mass is 9.96. The number of hydrogen-bond acceptors (Lipinski definition) is 4. The molecule has 0 aromatic heterocycles. The molecule has 25 heavy (non-hydrogen) atoms. The first kappa shape index (κ1) is 18.8. The molecule has 2 N–H and O–H groups in total. The Bertz CT molecular complexity index is 622. The van der Waals surface area contributed by atoms with E-state index in [2.05, 4.69) is 10.6 Å². The number of urea groups is 1. The lowest BCUT2D eigenvalue weighted by Gasteiger charge is -2.22. The molecule has 0 bridgehead atoms. The van der Waals surface area contributed by atoms with Crippen LogP contribution >= 0.6 is 0 Å². The standard InChI is InChI=1S/C19H26N2O4/c1-3-7-14-10-11-16(17(12-14)24-2)25-13-18(22)21-19(23)20-15-8-5-4-6-9-15/h3,7,10-12,15H,4-6,8-9,13H2,1-2H3,(H2,20,21,22,23)/b7-3+. The molecule has 0 atom stereocenters. The number of ether oxygens (including phenoxy) is 2. The van der Waals surface area contributed by atoms with Crippen molar-refractivity contribution in [1.29, 1.82) is 0 Å². The van der Waals surface area contributed by atoms with Crippen molar-refractivity contribution in [2.75, 3.05) is 13.7 Å². The van der Waals surface area contributed by atoms with Gasteiger partial charge in [-0.1, -0.05) is 37.5 Å². The number of rotatable bonds is 6. The largest absolute Gasteiger partial charge is 0.493 e. The van der Waals surface area contributed by atoms with Crippen LogP contribution in [0.3, 0.4) is 0 Å². The summed E-state index contributed by atoms with van der Waals surface area (Å²) in [6, 6.07) is 5.12. The molecule has 1 aromatic rings. The van der Waals surface area contributed by atoms with Gasteiger partial charge in [0.15, 0.2) is 18.1 Å². The molecule has 1 aliphatic carbocycles. The SMILES string of the molecule is C/C=C/c1ccc(OCC(=O)NC(=O)NC2CCCCC2)c(OC)c1. The Balaban J connectivity index is 1.81. The fraction of sp³-hybridized carbons (Fsp3) is 0.474. The molecular formula is C19H26N2O4. The Labute approximate surface area is 148 Å². The van der Waals surface area contributed by atoms with E-state index in [1.807, 2.05) is 31.2 Å². The molecule has 0 aliphatic heterocycles. The monoisotopic (exact) mass is 346 g/mol. The third-order valence-electron chi connectivity index (χ3n) is 4.10. The average molecular weight is 346 g/mol. The van der Waals surface area contributed by atoms with Crippen LogP contribution in [0.25, 0.3) is 6.08 Å². The average Bonchev–Trinajstić information content (AvgIpc) is 2.61. The van der Waals surface area contributed by atoms with Crippen molar-refractivity contribution in [3.8, 4) is 11.5 Å². The smallest absolute Gasteiger partial charge is 0.321 e. The van der Waals surface area contributed by atoms with E-state index in [1.165, 1.54) is 6.42 Å². The molecule has 2 rings (SSSR count). The molecule has 0 radical (unpaired) electrons. The molecule has 0 unspecified atom stereocenters. The van der Waals surface area contributed by atoms with Gasteiger partial charge in [0.2, 0.25) is 0 Å². The fourth-order valence-electron chi connectivity index (χ4n) is 2.87. The maximum absolute atomic E-state index is 11.9. The predicted molar refractivity (Wildman–Crippen MR) is 96.7 cm³/mol. The highest BCUT2D eigenvalue weighted by molar-refractivity contribution is 5.95. The molecule has 136 valence electrons. The van der Waals surface area contributed by atoms with Crippen molar-refractivity contribution in [2.24, 2.45) is 0 Å². The molecular weight excluding hydrogens is 320 g/mol. The van der Waals surface area contributed by atoms with Crippen LogP contribution in [0.1, 0.15) is 44.6 Å². The molecule has 1 fully saturated rings. The number of methoxy groups -OCH3 is 1. The quantitative estimate of drug-likeness (QED) is 0.829. The van der Waals surface area contributed by atoms with Crippen molar-refractivity contribution in [2.45, 2.75) is 45.1 Å². The minimum absolute atomic E-state index is 0.154. The first-order valence-corrected chi connectivity index (χ1v) is 8.66. The second-order valence-corrected chi connectivity index (χ2v) is 6.06. The van der Waals surface area contributed by atoms with Crippen molar-refractivity contribution in [3.05, 3.63) is 29.8 Å². The number of allylic oxidation sites excluding steroid dienone is 1. The summed E-state index contributed by atoms with van der Waals surface area (Å²) in [7, 11) is 1.54. The van der Waals surface area contributed by atoms with E-state index in [9.17, 15) is 9.59 Å². The summed E-state index contributed by atoms with van der Waals surface area (Å²) in [4.78, 5) is 23.7. The minimum Gasteiger partial charge on any atom is -0.493 e. The van der Waals surface area contributed by atoms with E-state index < -0.39 is 11.9 Å². The van der Waals surface area contributed by atoms with Crippen molar-refractivity contribution < 1.29 is 19.1 Å². The van der Waals surface area contributed by atoms with Gasteiger partial charge in [0.05, 0.1) is 7.11 Å². The van der Waals surface area contributed by atoms with Gasteiger partial charge in [-0.3, -0.25) is 10.1 Å². The molecule has 1 saturated carbocycles. The van der Waals surface area contributed by atoms with Gasteiger partial charge >= 0.3 is 6.03 Å². The number of hydrogen-bond donors (Lipinski definition) is 2. The summed E-state index contributed by atoms with van der Waals surface area (Å²) in [6.07, 6.45) is 9.24. The summed E-state index contributed by atoms with van der Waals surface area (Å²) < 4.78 is 10.7. The highest BCUT2D eigenvalue weighted by Crippen LogP contribution is 2.28. The first-order valence-electron chi connectivity index (χ1n) is 8.66. The molecule has 1 aliphatic rings. The number of carbonyl (C=O) groups is 2. The van der Waals surface area contributed by atoms with Gasteiger partial charge in [-0.05, 0) is 37.5 Å². The van der Waals surface area contributed by atoms with E-state index in [1.54, 1.807) is 13.2 Å². The van der Waals surface area contributed by atoms with Crippen LogP contribution in [0.15, 0.2) is 24.3 Å². The topological polar surface area (TPSA) is 76.7 Å². The molecule has 1 aromatic carbocycles. The minimum atomic E-state index is -0.493. The number of carbonyl (C=O) groups excluding carboxylic acids is 2. The van der Waals surface area contributed by atoms with Crippen LogP contribution in [0.4, 0.5) is 4.79 Å². The summed E-state index contributed by atoms with van der Waals surface area (Å²) in [5, 5.41) is 5.13. The highest BCUT2D eigenvalue weighted by atomic mass is 16.5. The Morgan fingerprint density at radius 2 is 1.96 bits per heavy atom. The van der Waals surface area contributed by atoms with E-state index in [4.69, 9.17) is 9.47 Å². The van der Waals surface area contributed by atoms with Gasteiger partial charge < -0.3 is 14.8 Å². The third kappa shape index (κ3) is 6.14. The number of amides is 3. The third-order valence-corrected chi connectivity index (χ3v) is 4.10. The number of nitrogens with one attached hydrogen (secondary N) is 2. The van der Waals surface area contributed by atoms with Gasteiger partial charge in [-0.25, -0.2) is 4.79 Å². The van der Waals surface area contributed by atoms with Crippen molar-refractivity contribution >= 4 is 18.0 Å². The highest BCUT2D eigenvalue weighted by Gasteiger charge is 2.17. The fourth-order valence-corrected chi connectivity index (χ4v) is 2.87. The first-order chi connectivity index (χ1) is 12.1. The maximum Gasteiger partial charge on any atom is 0.321 e. The van der Waals surface area contributed by atoms with Crippen LogP contribution in [0.2, 0.25) is 0 Å². The lowest BCUT2D eigenvalue weighted by Crippen LogP contribution is -2.46. The summed E-state index contributed by atoms with van der Waals surface area (Å²) in [6.45, 7) is 1.68. The lowest BCUT2D eigenvalue weighted by molar-refractivity contribution is -0.122. The van der Waals surface area contributed by atoms with Crippen LogP contribution in [-0.4, -0.2) is 31.7 Å². The molecule has 6 nitrogen and oxygen atoms in total. The molecule has 6 heteroatoms. The van der Waals surface area contributed by atoms with Gasteiger partial charge in [-0.2, -0.15) is 0 Å². The van der Waals surface area contributed by atoms with E-state index >= 15 is 0 Å². The molecule has 0 heterocycles. The molecule has 3 amide bonds. The van der Waals surface area contributed by atoms with Crippen LogP contribution in [-0.2, 0) is 4.79 Å². The van der Waals surface area contributed by atoms with Gasteiger partial charge in [0, 0.05) is 6.04 Å². The summed E-state index contributed by atoms with van der Waals surface area (Å²) >= 11 is 0. The van der Waals surface area contributed by atoms with Crippen LogP contribution in [0.5, 0.6) is 11.5 Å². The van der Waals surface area contributed by atoms with E-state index in [0.717, 1.165) is 31.2 Å². The summed E-state index contributed by atoms with van der Waals surface area (Å²) in [5.41, 5.74) is 0.975. The van der Waals surface area contributed by atoms with Crippen molar-refractivity contribution in [3.63, 3.8) is 0 Å². The van der Waals surface area contributed by atoms with E-state index in [0.29, 0.717) is 11.5 Å². The zero-order valence-corrected chi connectivity index (χ0v) is 14.8. The maximum atomic E-state index is 11.9. The van der Waals surface area contributed by atoms with Crippen LogP contribution in [0, 0.1) is 0 Å². The normalized spacial score (nSPS) is 15.0. The Morgan fingerprint density at radius 3 is 2.64 bits per heavy atom. The zero-order chi connectivity index (χ0) is 18.1. The Morgan fingerprint density at radius 1 is 1.20 bits per heavy atom. The summed E-state index contributed by atoms with van der Waals surface area (Å²) in [5.74, 6) is 0.501. The zero-order valence-electron chi connectivity index (χ0n) is 14.8. The molecule has 0 saturated heterocycles. The number of imide groups is 1. The Hall–Kier alpha value is -2.50. The second-order valence-electron chi connectivity index (χ2n) is 6.06. The van der Waals surface area contributed by atoms with Crippen molar-refractivity contribution in [1.82, 2.24) is 10.6 Å². The van der Waals surface area contributed by atoms with Crippen LogP contribution < -0.4 is 20.1 Å². The van der Waals surface area contributed by atoms with Gasteiger partial charge in [0.25, 0.3) is 5.91 Å². The second kappa shape index (κ2) is 9.71. The van der Waals surface area contributed by atoms with Gasteiger partial charge in [0.1, 0.15) is 0 Å². The van der Waals surface area contributed by atoms with E-state index in [-0.39, 0.29) is 12.6 Å². The number of benzene rings is 1. The molecule has 0 spiro atoms. The van der Waals surface area contributed by atoms with Gasteiger partial charge in [-0.15, -0.1) is 0 Å².